The average Bonchev–Trinajstić information content (AvgIpc) is 2.96. The molecule has 124 valence electrons. The molecule has 2 unspecified atom stereocenters. The maximum Gasteiger partial charge on any atom is 0.133 e. The number of aromatic nitrogens is 1. The Morgan fingerprint density at radius 3 is 2.74 bits per heavy atom. The summed E-state index contributed by atoms with van der Waals surface area (Å²) in [6, 6.07) is 12.3. The van der Waals surface area contributed by atoms with Gasteiger partial charge in [0.1, 0.15) is 5.76 Å². The van der Waals surface area contributed by atoms with Gasteiger partial charge in [-0.3, -0.25) is 9.80 Å². The van der Waals surface area contributed by atoms with Crippen molar-refractivity contribution in [1.29, 1.82) is 0 Å². The summed E-state index contributed by atoms with van der Waals surface area (Å²) in [5.74, 6) is 0.859. The molecule has 0 spiro atoms. The van der Waals surface area contributed by atoms with Crippen molar-refractivity contribution in [2.45, 2.75) is 32.5 Å². The van der Waals surface area contributed by atoms with E-state index in [1.165, 1.54) is 0 Å². The van der Waals surface area contributed by atoms with Crippen LogP contribution in [0.5, 0.6) is 0 Å². The molecule has 1 aromatic carbocycles. The zero-order valence-electron chi connectivity index (χ0n) is 13.9. The van der Waals surface area contributed by atoms with Crippen molar-refractivity contribution < 1.29 is 9.63 Å². The van der Waals surface area contributed by atoms with E-state index in [1.54, 1.807) is 0 Å². The first kappa shape index (κ1) is 16.2. The summed E-state index contributed by atoms with van der Waals surface area (Å²) in [6.07, 6.45) is -0.427. The van der Waals surface area contributed by atoms with Crippen molar-refractivity contribution in [3.05, 3.63) is 53.4 Å². The molecule has 2 heterocycles. The van der Waals surface area contributed by atoms with E-state index in [9.17, 15) is 5.11 Å². The lowest BCUT2D eigenvalue weighted by molar-refractivity contribution is 0.0355. The lowest BCUT2D eigenvalue weighted by Crippen LogP contribution is -2.52. The fourth-order valence-corrected chi connectivity index (χ4v) is 3.21. The predicted octanol–water partition coefficient (Wildman–Crippen LogP) is 2.22. The largest absolute Gasteiger partial charge is 0.387 e. The van der Waals surface area contributed by atoms with Crippen molar-refractivity contribution in [1.82, 2.24) is 15.0 Å². The minimum absolute atomic E-state index is 0.412. The van der Waals surface area contributed by atoms with Gasteiger partial charge in [0, 0.05) is 44.8 Å². The van der Waals surface area contributed by atoms with Crippen LogP contribution in [0.3, 0.4) is 0 Å². The first-order valence-electron chi connectivity index (χ1n) is 8.23. The van der Waals surface area contributed by atoms with Crippen LogP contribution in [-0.4, -0.2) is 52.3 Å². The Kier molecular flexibility index (Phi) is 5.10. The summed E-state index contributed by atoms with van der Waals surface area (Å²) in [5, 5.41) is 14.5. The van der Waals surface area contributed by atoms with E-state index >= 15 is 0 Å². The van der Waals surface area contributed by atoms with Gasteiger partial charge in [-0.25, -0.2) is 0 Å². The van der Waals surface area contributed by atoms with E-state index in [2.05, 4.69) is 21.9 Å². The standard InChI is InChI=1S/C18H25N3O2/c1-14-11-20(12-17-10-15(2)23-19-17)8-9-21(14)13-18(22)16-6-4-3-5-7-16/h3-7,10,14,18,22H,8-9,11-13H2,1-2H3. The van der Waals surface area contributed by atoms with Crippen LogP contribution < -0.4 is 0 Å². The van der Waals surface area contributed by atoms with Crippen LogP contribution in [0.2, 0.25) is 0 Å². The van der Waals surface area contributed by atoms with E-state index in [4.69, 9.17) is 4.52 Å². The molecule has 1 N–H and O–H groups in total. The van der Waals surface area contributed by atoms with E-state index in [1.807, 2.05) is 43.3 Å². The third-order valence-corrected chi connectivity index (χ3v) is 4.50. The fourth-order valence-electron chi connectivity index (χ4n) is 3.21. The molecule has 2 aromatic rings. The highest BCUT2D eigenvalue weighted by atomic mass is 16.5. The third-order valence-electron chi connectivity index (χ3n) is 4.50. The van der Waals surface area contributed by atoms with Crippen LogP contribution in [0.1, 0.15) is 30.0 Å². The number of nitrogens with zero attached hydrogens (tertiary/aromatic N) is 3. The molecule has 23 heavy (non-hydrogen) atoms. The maximum atomic E-state index is 10.4. The van der Waals surface area contributed by atoms with E-state index in [0.29, 0.717) is 12.6 Å². The molecule has 0 radical (unpaired) electrons. The molecule has 3 rings (SSSR count). The number of rotatable bonds is 5. The van der Waals surface area contributed by atoms with Gasteiger partial charge in [-0.15, -0.1) is 0 Å². The molecule has 0 aliphatic carbocycles. The van der Waals surface area contributed by atoms with Gasteiger partial charge in [0.05, 0.1) is 11.8 Å². The fraction of sp³-hybridized carbons (Fsp3) is 0.500. The average molecular weight is 315 g/mol. The zero-order valence-corrected chi connectivity index (χ0v) is 13.9. The molecular formula is C18H25N3O2. The SMILES string of the molecule is Cc1cc(CN2CCN(CC(O)c3ccccc3)C(C)C2)no1. The van der Waals surface area contributed by atoms with Crippen molar-refractivity contribution in [3.63, 3.8) is 0 Å². The molecule has 5 heteroatoms. The molecule has 1 saturated heterocycles. The Morgan fingerprint density at radius 1 is 1.30 bits per heavy atom. The topological polar surface area (TPSA) is 52.7 Å². The van der Waals surface area contributed by atoms with Gasteiger partial charge in [0.15, 0.2) is 0 Å². The Labute approximate surface area is 137 Å². The first-order valence-corrected chi connectivity index (χ1v) is 8.23. The second-order valence-electron chi connectivity index (χ2n) is 6.43. The van der Waals surface area contributed by atoms with Crippen LogP contribution >= 0.6 is 0 Å². The van der Waals surface area contributed by atoms with Crippen molar-refractivity contribution in [2.24, 2.45) is 0 Å². The second-order valence-corrected chi connectivity index (χ2v) is 6.43. The number of β-amino-alcohol motifs (C(OH)–C–C–N with tert-alkyl or cyclic N) is 1. The van der Waals surface area contributed by atoms with Gasteiger partial charge in [-0.05, 0) is 19.4 Å². The normalized spacial score (nSPS) is 21.4. The quantitative estimate of drug-likeness (QED) is 0.917. The molecule has 0 saturated carbocycles. The maximum absolute atomic E-state index is 10.4. The van der Waals surface area contributed by atoms with E-state index in [0.717, 1.165) is 43.2 Å². The molecule has 0 amide bonds. The molecule has 1 aliphatic rings. The summed E-state index contributed by atoms with van der Waals surface area (Å²) in [4.78, 5) is 4.76. The Bertz CT molecular complexity index is 614. The van der Waals surface area contributed by atoms with Crippen LogP contribution in [0, 0.1) is 6.92 Å². The Balaban J connectivity index is 1.52. The summed E-state index contributed by atoms with van der Waals surface area (Å²) in [6.45, 7) is 8.58. The van der Waals surface area contributed by atoms with Crippen molar-refractivity contribution in [2.75, 3.05) is 26.2 Å². The smallest absolute Gasteiger partial charge is 0.133 e. The number of hydrogen-bond acceptors (Lipinski definition) is 5. The number of piperazine rings is 1. The molecule has 1 aromatic heterocycles. The zero-order chi connectivity index (χ0) is 16.2. The highest BCUT2D eigenvalue weighted by molar-refractivity contribution is 5.17. The molecule has 0 bridgehead atoms. The number of hydrogen-bond donors (Lipinski definition) is 1. The molecule has 5 nitrogen and oxygen atoms in total. The summed E-state index contributed by atoms with van der Waals surface area (Å²) < 4.78 is 5.14. The van der Waals surface area contributed by atoms with E-state index in [-0.39, 0.29) is 0 Å². The monoisotopic (exact) mass is 315 g/mol. The highest BCUT2D eigenvalue weighted by Gasteiger charge is 2.26. The number of benzene rings is 1. The van der Waals surface area contributed by atoms with Gasteiger partial charge >= 0.3 is 0 Å². The lowest BCUT2D eigenvalue weighted by Gasteiger charge is -2.40. The van der Waals surface area contributed by atoms with Crippen molar-refractivity contribution in [3.8, 4) is 0 Å². The van der Waals surface area contributed by atoms with Gasteiger partial charge < -0.3 is 9.63 Å². The summed E-state index contributed by atoms with van der Waals surface area (Å²) >= 11 is 0. The minimum Gasteiger partial charge on any atom is -0.387 e. The Hall–Kier alpha value is -1.69. The number of aliphatic hydroxyl groups excluding tert-OH is 1. The van der Waals surface area contributed by atoms with Gasteiger partial charge in [0.25, 0.3) is 0 Å². The summed E-state index contributed by atoms with van der Waals surface area (Å²) in [5.41, 5.74) is 1.98. The highest BCUT2D eigenvalue weighted by Crippen LogP contribution is 2.18. The molecular weight excluding hydrogens is 290 g/mol. The third kappa shape index (κ3) is 4.19. The number of aliphatic hydroxyl groups is 1. The predicted molar refractivity (Wildman–Crippen MR) is 89.0 cm³/mol. The molecule has 1 aliphatic heterocycles. The van der Waals surface area contributed by atoms with Crippen LogP contribution in [0.4, 0.5) is 0 Å². The Morgan fingerprint density at radius 2 is 2.09 bits per heavy atom. The first-order chi connectivity index (χ1) is 11.1. The van der Waals surface area contributed by atoms with Gasteiger partial charge in [-0.2, -0.15) is 0 Å². The van der Waals surface area contributed by atoms with Crippen LogP contribution in [-0.2, 0) is 6.54 Å². The number of aryl methyl sites for hydroxylation is 1. The molecule has 2 atom stereocenters. The minimum atomic E-state index is -0.427. The molecule has 1 fully saturated rings. The van der Waals surface area contributed by atoms with Crippen molar-refractivity contribution >= 4 is 0 Å². The van der Waals surface area contributed by atoms with E-state index < -0.39 is 6.10 Å². The lowest BCUT2D eigenvalue weighted by atomic mass is 10.1. The second kappa shape index (κ2) is 7.25. The summed E-state index contributed by atoms with van der Waals surface area (Å²) in [7, 11) is 0. The van der Waals surface area contributed by atoms with Gasteiger partial charge in [-0.1, -0.05) is 35.5 Å². The van der Waals surface area contributed by atoms with Crippen LogP contribution in [0.15, 0.2) is 40.9 Å². The van der Waals surface area contributed by atoms with Crippen LogP contribution in [0.25, 0.3) is 0 Å². The van der Waals surface area contributed by atoms with Gasteiger partial charge in [0.2, 0.25) is 0 Å².